The Labute approximate surface area is 367 Å². The van der Waals surface area contributed by atoms with E-state index >= 15 is 0 Å². The number of ether oxygens (including phenoxy) is 2. The van der Waals surface area contributed by atoms with Crippen molar-refractivity contribution in [3.8, 4) is 11.5 Å². The van der Waals surface area contributed by atoms with Gasteiger partial charge in [0.25, 0.3) is 0 Å². The number of aryl methyl sites for hydroxylation is 2. The van der Waals surface area contributed by atoms with Gasteiger partial charge in [0, 0.05) is 40.9 Å². The third-order valence-electron chi connectivity index (χ3n) is 11.6. The molecule has 0 saturated carbocycles. The van der Waals surface area contributed by atoms with Gasteiger partial charge in [-0.15, -0.1) is 32.9 Å². The van der Waals surface area contributed by atoms with Gasteiger partial charge in [-0.05, 0) is 84.8 Å². The minimum absolute atomic E-state index is 0.000607. The summed E-state index contributed by atoms with van der Waals surface area (Å²) < 4.78 is 21.0. The number of hydrogen-bond donors (Lipinski definition) is 5. The fourth-order valence-electron chi connectivity index (χ4n) is 8.45. The standard InChI is InChI=1S/C22H22N6O4S2.C18H15N5O3S2/c1-32-16-5-13-18(34-27-26-13)6-12(16)25-20-19-11-3-2-10(4-17(11)33-21(19)24-9-23-20)22(31)28-7-14(29)15(30)8-28;1-26-12-5-11-14(28-23-22-11)6-10(12)21-16-15-9-3-2-8(18(24)25)4-13(9)27-17(15)20-7-19-16/h5-6,9-10,14-15,29-30H,2-4,7-8H2,1H3,(H,23,24,25);5-8H,2-4H2,1H3,(H,24,25)(H,19,20,21)/t10-,14-,15-;8-/m00/s1. The number of hydrogen-bond acceptors (Lipinski definition) is 20. The molecule has 2 aromatic carbocycles. The summed E-state index contributed by atoms with van der Waals surface area (Å²) in [7, 11) is 3.23. The number of aliphatic hydroxyl groups is 2. The molecule has 1 amide bonds. The Morgan fingerprint density at radius 2 is 1.19 bits per heavy atom. The van der Waals surface area contributed by atoms with E-state index in [1.54, 1.807) is 48.1 Å². The third kappa shape index (κ3) is 7.38. The smallest absolute Gasteiger partial charge is 0.306 e. The second-order valence-corrected chi connectivity index (χ2v) is 19.0. The molecule has 22 heteroatoms. The number of aliphatic carboxylic acids is 1. The molecule has 4 atom stereocenters. The number of aromatic nitrogens is 8. The first-order chi connectivity index (χ1) is 30.1. The highest BCUT2D eigenvalue weighted by atomic mass is 32.1. The van der Waals surface area contributed by atoms with E-state index < -0.39 is 18.2 Å². The van der Waals surface area contributed by atoms with Gasteiger partial charge in [0.2, 0.25) is 5.91 Å². The fraction of sp³-hybridized carbons (Fsp3) is 0.350. The summed E-state index contributed by atoms with van der Waals surface area (Å²) in [5.41, 5.74) is 5.44. The molecule has 1 saturated heterocycles. The number of thiophene rings is 2. The Bertz CT molecular complexity index is 3020. The van der Waals surface area contributed by atoms with E-state index in [4.69, 9.17) is 9.47 Å². The zero-order valence-corrected chi connectivity index (χ0v) is 36.3. The van der Waals surface area contributed by atoms with Crippen molar-refractivity contribution in [3.05, 3.63) is 57.8 Å². The van der Waals surface area contributed by atoms with E-state index in [1.165, 1.54) is 35.0 Å². The summed E-state index contributed by atoms with van der Waals surface area (Å²) in [5, 5.41) is 46.0. The van der Waals surface area contributed by atoms with Crippen molar-refractivity contribution in [2.75, 3.05) is 37.9 Å². The first kappa shape index (κ1) is 40.3. The maximum absolute atomic E-state index is 13.0. The molecule has 8 aromatic rings. The lowest BCUT2D eigenvalue weighted by Gasteiger charge is -2.26. The summed E-state index contributed by atoms with van der Waals surface area (Å²) in [6.45, 7) is 0.382. The molecule has 0 radical (unpaired) electrons. The van der Waals surface area contributed by atoms with E-state index in [-0.39, 0.29) is 30.8 Å². The van der Waals surface area contributed by atoms with Crippen LogP contribution in [0.1, 0.15) is 33.7 Å². The average molecular weight is 912 g/mol. The highest BCUT2D eigenvalue weighted by Gasteiger charge is 2.38. The molecule has 7 heterocycles. The molecular formula is C40H37N11O7S4. The number of amides is 1. The van der Waals surface area contributed by atoms with Crippen molar-refractivity contribution < 1.29 is 34.4 Å². The molecule has 3 aliphatic rings. The molecule has 1 aliphatic heterocycles. The van der Waals surface area contributed by atoms with Crippen LogP contribution in [0.4, 0.5) is 23.0 Å². The van der Waals surface area contributed by atoms with E-state index in [1.807, 2.05) is 24.3 Å². The Balaban J connectivity index is 0.000000151. The van der Waals surface area contributed by atoms with E-state index in [0.29, 0.717) is 55.2 Å². The number of carboxylic acids is 1. The second-order valence-electron chi connectivity index (χ2n) is 15.2. The Morgan fingerprint density at radius 3 is 1.68 bits per heavy atom. The van der Waals surface area contributed by atoms with Crippen LogP contribution in [0.5, 0.6) is 11.5 Å². The number of anilines is 4. The molecule has 6 aromatic heterocycles. The minimum Gasteiger partial charge on any atom is -0.494 e. The maximum atomic E-state index is 13.0. The van der Waals surface area contributed by atoms with Crippen LogP contribution in [-0.2, 0) is 35.3 Å². The third-order valence-corrected chi connectivity index (χ3v) is 15.3. The normalized spacial score (nSPS) is 19.6. The van der Waals surface area contributed by atoms with Gasteiger partial charge in [-0.3, -0.25) is 9.59 Å². The Kier molecular flexibility index (Phi) is 10.7. The highest BCUT2D eigenvalue weighted by Crippen LogP contribution is 2.44. The number of fused-ring (bicyclic) bond motifs is 8. The minimum atomic E-state index is -0.867. The summed E-state index contributed by atoms with van der Waals surface area (Å²) in [5.74, 6) is 1.48. The molecule has 62 heavy (non-hydrogen) atoms. The molecule has 18 nitrogen and oxygen atoms in total. The van der Waals surface area contributed by atoms with Gasteiger partial charge in [-0.1, -0.05) is 8.98 Å². The molecule has 318 valence electrons. The van der Waals surface area contributed by atoms with Crippen LogP contribution in [0.3, 0.4) is 0 Å². The van der Waals surface area contributed by atoms with Gasteiger partial charge in [-0.25, -0.2) is 19.9 Å². The number of carbonyl (C=O) groups is 2. The number of carboxylic acid groups (broad SMARTS) is 1. The number of nitrogens with one attached hydrogen (secondary N) is 2. The summed E-state index contributed by atoms with van der Waals surface area (Å²) in [4.78, 5) is 47.9. The lowest BCUT2D eigenvalue weighted by atomic mass is 9.87. The van der Waals surface area contributed by atoms with Crippen molar-refractivity contribution in [1.82, 2.24) is 44.0 Å². The quantitative estimate of drug-likeness (QED) is 0.122. The van der Waals surface area contributed by atoms with Crippen molar-refractivity contribution in [1.29, 1.82) is 0 Å². The van der Waals surface area contributed by atoms with Crippen LogP contribution in [-0.4, -0.2) is 111 Å². The van der Waals surface area contributed by atoms with Crippen molar-refractivity contribution in [2.45, 2.75) is 50.7 Å². The number of carbonyl (C=O) groups excluding carboxylic acids is 1. The topological polar surface area (TPSA) is 244 Å². The number of nitrogens with zero attached hydrogens (tertiary/aromatic N) is 9. The molecule has 0 bridgehead atoms. The fourth-order valence-corrected chi connectivity index (χ4v) is 12.1. The number of rotatable bonds is 8. The zero-order valence-electron chi connectivity index (χ0n) is 33.1. The molecule has 2 aliphatic carbocycles. The van der Waals surface area contributed by atoms with Crippen molar-refractivity contribution >= 4 is 121 Å². The average Bonchev–Trinajstić information content (AvgIpc) is 4.13. The van der Waals surface area contributed by atoms with Crippen LogP contribution < -0.4 is 20.1 Å². The van der Waals surface area contributed by atoms with Gasteiger partial charge in [0.05, 0.1) is 63.9 Å². The number of aliphatic hydroxyl groups excluding tert-OH is 2. The van der Waals surface area contributed by atoms with Gasteiger partial charge in [-0.2, -0.15) is 0 Å². The Hall–Kier alpha value is -5.78. The predicted octanol–water partition coefficient (Wildman–Crippen LogP) is 5.75. The van der Waals surface area contributed by atoms with Gasteiger partial charge < -0.3 is 40.3 Å². The van der Waals surface area contributed by atoms with Crippen LogP contribution in [0.2, 0.25) is 0 Å². The van der Waals surface area contributed by atoms with E-state index in [0.717, 1.165) is 74.0 Å². The largest absolute Gasteiger partial charge is 0.494 e. The second kappa shape index (κ2) is 16.5. The summed E-state index contributed by atoms with van der Waals surface area (Å²) in [6.07, 6.45) is 5.29. The summed E-state index contributed by atoms with van der Waals surface area (Å²) in [6, 6.07) is 7.61. The van der Waals surface area contributed by atoms with E-state index in [9.17, 15) is 24.9 Å². The number of β-amino-alcohol motifs (C(OH)–C–C–N with tert-alkyl or cyclic N) is 2. The molecule has 5 N–H and O–H groups in total. The molecule has 0 spiro atoms. The van der Waals surface area contributed by atoms with Crippen LogP contribution in [0.15, 0.2) is 36.9 Å². The Morgan fingerprint density at radius 1 is 0.710 bits per heavy atom. The van der Waals surface area contributed by atoms with Gasteiger partial charge in [0.1, 0.15) is 56.5 Å². The van der Waals surface area contributed by atoms with Gasteiger partial charge >= 0.3 is 5.97 Å². The first-order valence-corrected chi connectivity index (χ1v) is 22.9. The van der Waals surface area contributed by atoms with Gasteiger partial charge in [0.15, 0.2) is 0 Å². The lowest BCUT2D eigenvalue weighted by Crippen LogP contribution is -2.37. The molecule has 11 rings (SSSR count). The van der Waals surface area contributed by atoms with Crippen molar-refractivity contribution in [3.63, 3.8) is 0 Å². The molecule has 0 unspecified atom stereocenters. The first-order valence-electron chi connectivity index (χ1n) is 19.7. The van der Waals surface area contributed by atoms with E-state index in [2.05, 4.69) is 49.7 Å². The summed E-state index contributed by atoms with van der Waals surface area (Å²) >= 11 is 5.79. The number of methoxy groups -OCH3 is 2. The SMILES string of the molecule is COc1cc2nnsc2cc1Nc1ncnc2sc3c(c12)CC[C@H](C(=O)N1C[C@H](O)[C@@H](O)C1)C3.COc1cc2nnsc2cc1Nc1ncnc2sc3c(c12)CC[C@H](C(=O)O)C3. The van der Waals surface area contributed by atoms with Crippen LogP contribution in [0.25, 0.3) is 40.9 Å². The zero-order chi connectivity index (χ0) is 42.6. The number of benzene rings is 2. The maximum Gasteiger partial charge on any atom is 0.306 e. The van der Waals surface area contributed by atoms with Crippen LogP contribution in [0, 0.1) is 11.8 Å². The monoisotopic (exact) mass is 911 g/mol. The molecule has 1 fully saturated rings. The predicted molar refractivity (Wildman–Crippen MR) is 237 cm³/mol. The van der Waals surface area contributed by atoms with Crippen LogP contribution >= 0.6 is 45.7 Å². The van der Waals surface area contributed by atoms with Crippen molar-refractivity contribution in [2.24, 2.45) is 11.8 Å². The lowest BCUT2D eigenvalue weighted by molar-refractivity contribution is -0.142. The highest BCUT2D eigenvalue weighted by molar-refractivity contribution is 7.19. The molecular weight excluding hydrogens is 875 g/mol. The number of likely N-dealkylation sites (tertiary alicyclic amines) is 1.